The Morgan fingerprint density at radius 2 is 1.79 bits per heavy atom. The third kappa shape index (κ3) is 3.36. The van der Waals surface area contributed by atoms with Crippen molar-refractivity contribution < 1.29 is 0 Å². The van der Waals surface area contributed by atoms with Gasteiger partial charge in [0, 0.05) is 15.5 Å². The Bertz CT molecular complexity index is 901. The first-order valence-corrected chi connectivity index (χ1v) is 8.71. The van der Waals surface area contributed by atoms with Gasteiger partial charge in [0.2, 0.25) is 0 Å². The van der Waals surface area contributed by atoms with E-state index >= 15 is 0 Å². The van der Waals surface area contributed by atoms with Crippen LogP contribution in [0, 0.1) is 20.8 Å². The van der Waals surface area contributed by atoms with E-state index < -0.39 is 0 Å². The molecule has 0 amide bonds. The van der Waals surface area contributed by atoms with Gasteiger partial charge in [-0.2, -0.15) is 0 Å². The van der Waals surface area contributed by atoms with Crippen LogP contribution in [0.5, 0.6) is 0 Å². The standard InChI is InChI=1S/C19H21BrN4/c1-10-5-14(8-16(21)6-10)12(3)22-19-17-9-15(20)7-11(2)18(17)23-13(4)24-19/h5-9,12H,21H2,1-4H3,(H,22,23,24)/t12-/m1/s1. The van der Waals surface area contributed by atoms with E-state index in [0.29, 0.717) is 0 Å². The van der Waals surface area contributed by atoms with Gasteiger partial charge in [0.05, 0.1) is 11.6 Å². The van der Waals surface area contributed by atoms with E-state index in [1.54, 1.807) is 0 Å². The molecular weight excluding hydrogens is 364 g/mol. The highest BCUT2D eigenvalue weighted by Crippen LogP contribution is 2.30. The molecule has 0 radical (unpaired) electrons. The van der Waals surface area contributed by atoms with Crippen molar-refractivity contribution in [3.63, 3.8) is 0 Å². The zero-order valence-corrected chi connectivity index (χ0v) is 15.9. The van der Waals surface area contributed by atoms with E-state index in [-0.39, 0.29) is 6.04 Å². The van der Waals surface area contributed by atoms with Crippen LogP contribution in [0.2, 0.25) is 0 Å². The van der Waals surface area contributed by atoms with Gasteiger partial charge in [-0.25, -0.2) is 9.97 Å². The molecular formula is C19H21BrN4. The number of nitrogens with one attached hydrogen (secondary N) is 1. The van der Waals surface area contributed by atoms with Crippen LogP contribution in [0.3, 0.4) is 0 Å². The third-order valence-electron chi connectivity index (χ3n) is 4.04. The maximum Gasteiger partial charge on any atom is 0.138 e. The molecule has 1 aromatic heterocycles. The Kier molecular flexibility index (Phi) is 4.45. The lowest BCUT2D eigenvalue weighted by atomic mass is 10.0. The van der Waals surface area contributed by atoms with E-state index in [9.17, 15) is 0 Å². The van der Waals surface area contributed by atoms with Gasteiger partial charge in [-0.3, -0.25) is 0 Å². The fourth-order valence-corrected chi connectivity index (χ4v) is 3.54. The summed E-state index contributed by atoms with van der Waals surface area (Å²) in [6.45, 7) is 8.15. The maximum atomic E-state index is 5.99. The molecule has 3 rings (SSSR count). The highest BCUT2D eigenvalue weighted by molar-refractivity contribution is 9.10. The first-order chi connectivity index (χ1) is 11.3. The monoisotopic (exact) mass is 384 g/mol. The second-order valence-electron chi connectivity index (χ2n) is 6.28. The minimum Gasteiger partial charge on any atom is -0.399 e. The van der Waals surface area contributed by atoms with Crippen molar-refractivity contribution in [2.75, 3.05) is 11.1 Å². The normalized spacial score (nSPS) is 12.4. The van der Waals surface area contributed by atoms with Gasteiger partial charge in [-0.05, 0) is 68.7 Å². The van der Waals surface area contributed by atoms with Crippen molar-refractivity contribution in [2.45, 2.75) is 33.7 Å². The van der Waals surface area contributed by atoms with E-state index in [0.717, 1.165) is 49.4 Å². The number of hydrogen-bond acceptors (Lipinski definition) is 4. The van der Waals surface area contributed by atoms with E-state index in [1.165, 1.54) is 0 Å². The molecule has 0 aliphatic heterocycles. The molecule has 3 aromatic rings. The molecule has 124 valence electrons. The maximum absolute atomic E-state index is 5.99. The van der Waals surface area contributed by atoms with E-state index in [2.05, 4.69) is 70.2 Å². The largest absolute Gasteiger partial charge is 0.399 e. The summed E-state index contributed by atoms with van der Waals surface area (Å²) in [7, 11) is 0. The van der Waals surface area contributed by atoms with Gasteiger partial charge >= 0.3 is 0 Å². The SMILES string of the molecule is Cc1cc(N)cc([C@@H](C)Nc2nc(C)nc3c(C)cc(Br)cc23)c1. The molecule has 5 heteroatoms. The van der Waals surface area contributed by atoms with Crippen LogP contribution < -0.4 is 11.1 Å². The summed E-state index contributed by atoms with van der Waals surface area (Å²) in [5.41, 5.74) is 11.2. The smallest absolute Gasteiger partial charge is 0.138 e. The predicted molar refractivity (Wildman–Crippen MR) is 104 cm³/mol. The highest BCUT2D eigenvalue weighted by atomic mass is 79.9. The predicted octanol–water partition coefficient (Wildman–Crippen LogP) is 5.07. The number of nitrogen functional groups attached to an aromatic ring is 1. The molecule has 2 aromatic carbocycles. The summed E-state index contributed by atoms with van der Waals surface area (Å²) in [6, 6.07) is 10.3. The summed E-state index contributed by atoms with van der Waals surface area (Å²) >= 11 is 3.57. The second kappa shape index (κ2) is 6.40. The second-order valence-corrected chi connectivity index (χ2v) is 7.20. The van der Waals surface area contributed by atoms with Crippen LogP contribution in [-0.2, 0) is 0 Å². The number of anilines is 2. The number of aromatic nitrogens is 2. The fraction of sp³-hybridized carbons (Fsp3) is 0.263. The van der Waals surface area contributed by atoms with Gasteiger partial charge in [0.1, 0.15) is 11.6 Å². The molecule has 0 aliphatic carbocycles. The number of nitrogens with zero attached hydrogens (tertiary/aromatic N) is 2. The van der Waals surface area contributed by atoms with Gasteiger partial charge in [0.25, 0.3) is 0 Å². The summed E-state index contributed by atoms with van der Waals surface area (Å²) < 4.78 is 1.02. The van der Waals surface area contributed by atoms with Crippen LogP contribution in [0.1, 0.15) is 35.5 Å². The molecule has 24 heavy (non-hydrogen) atoms. The zero-order chi connectivity index (χ0) is 17.4. The number of fused-ring (bicyclic) bond motifs is 1. The van der Waals surface area contributed by atoms with E-state index in [4.69, 9.17) is 5.73 Å². The van der Waals surface area contributed by atoms with Gasteiger partial charge < -0.3 is 11.1 Å². The third-order valence-corrected chi connectivity index (χ3v) is 4.50. The molecule has 0 spiro atoms. The minimum absolute atomic E-state index is 0.0870. The first kappa shape index (κ1) is 16.7. The lowest BCUT2D eigenvalue weighted by Crippen LogP contribution is -2.10. The molecule has 0 bridgehead atoms. The lowest BCUT2D eigenvalue weighted by Gasteiger charge is -2.18. The summed E-state index contributed by atoms with van der Waals surface area (Å²) in [6.07, 6.45) is 0. The molecule has 3 N–H and O–H groups in total. The summed E-state index contributed by atoms with van der Waals surface area (Å²) in [4.78, 5) is 9.21. The number of hydrogen-bond donors (Lipinski definition) is 2. The number of rotatable bonds is 3. The average Bonchev–Trinajstić information content (AvgIpc) is 2.47. The highest BCUT2D eigenvalue weighted by Gasteiger charge is 2.13. The molecule has 0 unspecified atom stereocenters. The van der Waals surface area contributed by atoms with Crippen molar-refractivity contribution in [1.29, 1.82) is 0 Å². The first-order valence-electron chi connectivity index (χ1n) is 7.91. The van der Waals surface area contributed by atoms with Gasteiger partial charge in [0.15, 0.2) is 0 Å². The fourth-order valence-electron chi connectivity index (χ4n) is 2.96. The minimum atomic E-state index is 0.0870. The number of benzene rings is 2. The number of nitrogens with two attached hydrogens (primary N) is 1. The van der Waals surface area contributed by atoms with Crippen LogP contribution in [0.15, 0.2) is 34.8 Å². The quantitative estimate of drug-likeness (QED) is 0.618. The molecule has 4 nitrogen and oxygen atoms in total. The summed E-state index contributed by atoms with van der Waals surface area (Å²) in [5.74, 6) is 1.60. The zero-order valence-electron chi connectivity index (χ0n) is 14.3. The lowest BCUT2D eigenvalue weighted by molar-refractivity contribution is 0.871. The Balaban J connectivity index is 2.06. The van der Waals surface area contributed by atoms with Crippen molar-refractivity contribution in [2.24, 2.45) is 0 Å². The van der Waals surface area contributed by atoms with Gasteiger partial charge in [-0.15, -0.1) is 0 Å². The molecule has 1 heterocycles. The molecule has 0 aliphatic rings. The molecule has 0 saturated heterocycles. The van der Waals surface area contributed by atoms with Crippen molar-refractivity contribution in [3.05, 3.63) is 57.3 Å². The topological polar surface area (TPSA) is 63.8 Å². The van der Waals surface area contributed by atoms with Gasteiger partial charge in [-0.1, -0.05) is 22.0 Å². The average molecular weight is 385 g/mol. The van der Waals surface area contributed by atoms with E-state index in [1.807, 2.05) is 19.1 Å². The Hall–Kier alpha value is -2.14. The van der Waals surface area contributed by atoms with Crippen molar-refractivity contribution in [1.82, 2.24) is 9.97 Å². The van der Waals surface area contributed by atoms with Crippen molar-refractivity contribution >= 4 is 38.3 Å². The number of halogens is 1. The molecule has 0 saturated carbocycles. The Morgan fingerprint density at radius 1 is 1.04 bits per heavy atom. The van der Waals surface area contributed by atoms with Crippen LogP contribution >= 0.6 is 15.9 Å². The number of aryl methyl sites for hydroxylation is 3. The Labute approximate surface area is 150 Å². The molecule has 0 fully saturated rings. The van der Waals surface area contributed by atoms with Crippen LogP contribution in [0.4, 0.5) is 11.5 Å². The summed E-state index contributed by atoms with van der Waals surface area (Å²) in [5, 5.41) is 4.54. The molecule has 1 atom stereocenters. The van der Waals surface area contributed by atoms with Crippen LogP contribution in [0.25, 0.3) is 10.9 Å². The Morgan fingerprint density at radius 3 is 2.50 bits per heavy atom. The van der Waals surface area contributed by atoms with Crippen LogP contribution in [-0.4, -0.2) is 9.97 Å². The van der Waals surface area contributed by atoms with Crippen molar-refractivity contribution in [3.8, 4) is 0 Å².